The van der Waals surface area contributed by atoms with Gasteiger partial charge in [-0.05, 0) is 5.54 Å². The van der Waals surface area contributed by atoms with Crippen LogP contribution in [0, 0.1) is 0 Å². The zero-order valence-electron chi connectivity index (χ0n) is 6.97. The molecule has 1 rings (SSSR count). The number of hydrogen-bond acceptors (Lipinski definition) is 0. The Morgan fingerprint density at radius 2 is 1.90 bits per heavy atom. The maximum atomic E-state index is 3.90. The van der Waals surface area contributed by atoms with Crippen LogP contribution >= 0.6 is 0 Å². The van der Waals surface area contributed by atoms with Gasteiger partial charge in [0.15, 0.2) is 0 Å². The molecule has 0 saturated heterocycles. The highest BCUT2D eigenvalue weighted by Crippen LogP contribution is 2.31. The van der Waals surface area contributed by atoms with Gasteiger partial charge in [-0.1, -0.05) is 38.7 Å². The van der Waals surface area contributed by atoms with E-state index in [2.05, 4.69) is 18.8 Å². The molecule has 58 valence electrons. The smallest absolute Gasteiger partial charge is 0.0607 e. The molecule has 0 nitrogen and oxygen atoms in total. The van der Waals surface area contributed by atoms with Gasteiger partial charge >= 0.3 is 0 Å². The molecule has 1 aliphatic carbocycles. The van der Waals surface area contributed by atoms with Crippen molar-refractivity contribution in [2.45, 2.75) is 44.2 Å². The zero-order valence-corrected chi connectivity index (χ0v) is 8.13. The fourth-order valence-electron chi connectivity index (χ4n) is 1.85. The summed E-state index contributed by atoms with van der Waals surface area (Å²) in [7, 11) is -0.499. The van der Waals surface area contributed by atoms with Crippen LogP contribution in [0.25, 0.3) is 0 Å². The summed E-state index contributed by atoms with van der Waals surface area (Å²) in [6.07, 6.45) is 7.44. The van der Waals surface area contributed by atoms with Gasteiger partial charge in [0, 0.05) is 0 Å². The van der Waals surface area contributed by atoms with E-state index in [0.717, 1.165) is 5.54 Å². The fraction of sp³-hybridized carbons (Fsp3) is 0.778. The minimum Gasteiger partial charge on any atom is -0.107 e. The third-order valence-electron chi connectivity index (χ3n) is 2.77. The summed E-state index contributed by atoms with van der Waals surface area (Å²) in [6, 6.07) is 0. The van der Waals surface area contributed by atoms with Crippen molar-refractivity contribution in [1.29, 1.82) is 0 Å². The average molecular weight is 154 g/mol. The fourth-order valence-corrected chi connectivity index (χ4v) is 3.76. The van der Waals surface area contributed by atoms with Crippen molar-refractivity contribution in [2.75, 3.05) is 0 Å². The van der Waals surface area contributed by atoms with Gasteiger partial charge in [0.05, 0.1) is 8.80 Å². The van der Waals surface area contributed by atoms with Gasteiger partial charge in [0.1, 0.15) is 0 Å². The second kappa shape index (κ2) is 3.97. The van der Waals surface area contributed by atoms with Gasteiger partial charge in [0.2, 0.25) is 0 Å². The number of hydrogen-bond donors (Lipinski definition) is 0. The van der Waals surface area contributed by atoms with E-state index in [1.165, 1.54) is 32.1 Å². The summed E-state index contributed by atoms with van der Waals surface area (Å²) in [4.78, 5) is 0. The second-order valence-electron chi connectivity index (χ2n) is 3.49. The molecule has 0 heterocycles. The maximum absolute atomic E-state index is 3.90. The van der Waals surface area contributed by atoms with Crippen molar-refractivity contribution >= 4 is 8.80 Å². The summed E-state index contributed by atoms with van der Waals surface area (Å²) in [6.45, 7) is 6.33. The molecule has 1 aliphatic rings. The minimum atomic E-state index is -0.499. The Kier molecular flexibility index (Phi) is 3.20. The first-order chi connectivity index (χ1) is 4.84. The van der Waals surface area contributed by atoms with Crippen LogP contribution < -0.4 is 0 Å². The zero-order chi connectivity index (χ0) is 7.40. The van der Waals surface area contributed by atoms with Crippen LogP contribution in [0.5, 0.6) is 0 Å². The van der Waals surface area contributed by atoms with E-state index in [4.69, 9.17) is 0 Å². The molecule has 1 atom stereocenters. The molecule has 0 aromatic rings. The molecule has 1 heteroatoms. The van der Waals surface area contributed by atoms with E-state index in [-0.39, 0.29) is 0 Å². The van der Waals surface area contributed by atoms with Crippen LogP contribution in [0.1, 0.15) is 32.1 Å². The van der Waals surface area contributed by atoms with E-state index in [1.54, 1.807) is 0 Å². The largest absolute Gasteiger partial charge is 0.107 e. The van der Waals surface area contributed by atoms with Gasteiger partial charge in [-0.25, -0.2) is 0 Å². The van der Waals surface area contributed by atoms with Gasteiger partial charge in [-0.15, -0.1) is 12.3 Å². The quantitative estimate of drug-likeness (QED) is 0.537. The Morgan fingerprint density at radius 1 is 1.30 bits per heavy atom. The Bertz CT molecular complexity index is 103. The molecule has 0 aromatic carbocycles. The predicted molar refractivity (Wildman–Crippen MR) is 50.0 cm³/mol. The maximum Gasteiger partial charge on any atom is 0.0607 e. The van der Waals surface area contributed by atoms with Crippen molar-refractivity contribution in [1.82, 2.24) is 0 Å². The first-order valence-corrected chi connectivity index (χ1v) is 6.96. The summed E-state index contributed by atoms with van der Waals surface area (Å²) in [5.74, 6) is 0. The molecule has 0 amide bonds. The van der Waals surface area contributed by atoms with Crippen molar-refractivity contribution < 1.29 is 0 Å². The summed E-state index contributed by atoms with van der Waals surface area (Å²) >= 11 is 0. The molecule has 1 unspecified atom stereocenters. The molecule has 1 saturated carbocycles. The lowest BCUT2D eigenvalue weighted by Crippen LogP contribution is -2.16. The van der Waals surface area contributed by atoms with Crippen LogP contribution in [0.15, 0.2) is 12.3 Å². The molecule has 0 N–H and O–H groups in total. The van der Waals surface area contributed by atoms with E-state index in [9.17, 15) is 0 Å². The molecule has 0 spiro atoms. The van der Waals surface area contributed by atoms with E-state index in [0.29, 0.717) is 0 Å². The van der Waals surface area contributed by atoms with Crippen LogP contribution in [-0.4, -0.2) is 8.80 Å². The predicted octanol–water partition coefficient (Wildman–Crippen LogP) is 2.90. The van der Waals surface area contributed by atoms with E-state index in [1.807, 2.05) is 0 Å². The SMILES string of the molecule is C=C[SiH](C)C1CCCCC1. The van der Waals surface area contributed by atoms with E-state index < -0.39 is 8.80 Å². The molecule has 0 radical (unpaired) electrons. The number of rotatable bonds is 2. The first kappa shape index (κ1) is 8.06. The van der Waals surface area contributed by atoms with Gasteiger partial charge in [-0.3, -0.25) is 0 Å². The molecule has 0 aromatic heterocycles. The standard InChI is InChI=1S/C9H18Si/c1-3-10(2)9-7-5-4-6-8-9/h3,9-10H,1,4-8H2,2H3. The highest BCUT2D eigenvalue weighted by molar-refractivity contribution is 6.64. The molecule has 0 aliphatic heterocycles. The van der Waals surface area contributed by atoms with Crippen molar-refractivity contribution in [3.63, 3.8) is 0 Å². The lowest BCUT2D eigenvalue weighted by atomic mass is 10.0. The Labute approximate surface area is 65.9 Å². The highest BCUT2D eigenvalue weighted by atomic mass is 28.3. The van der Waals surface area contributed by atoms with Crippen LogP contribution in [0.4, 0.5) is 0 Å². The van der Waals surface area contributed by atoms with Crippen molar-refractivity contribution in [3.8, 4) is 0 Å². The Hall–Kier alpha value is -0.0431. The average Bonchev–Trinajstić information content (AvgIpc) is 2.05. The van der Waals surface area contributed by atoms with E-state index >= 15 is 0 Å². The highest BCUT2D eigenvalue weighted by Gasteiger charge is 2.17. The van der Waals surface area contributed by atoms with Gasteiger partial charge in [0.25, 0.3) is 0 Å². The lowest BCUT2D eigenvalue weighted by molar-refractivity contribution is 0.498. The monoisotopic (exact) mass is 154 g/mol. The summed E-state index contributed by atoms with van der Waals surface area (Å²) in [5, 5.41) is 0. The van der Waals surface area contributed by atoms with Crippen molar-refractivity contribution in [3.05, 3.63) is 12.3 Å². The molecular formula is C9H18Si. The van der Waals surface area contributed by atoms with Gasteiger partial charge < -0.3 is 0 Å². The van der Waals surface area contributed by atoms with Gasteiger partial charge in [-0.2, -0.15) is 0 Å². The molecule has 0 bridgehead atoms. The molecule has 1 fully saturated rings. The Morgan fingerprint density at radius 3 is 2.40 bits per heavy atom. The lowest BCUT2D eigenvalue weighted by Gasteiger charge is -2.24. The van der Waals surface area contributed by atoms with Crippen LogP contribution in [-0.2, 0) is 0 Å². The molecular weight excluding hydrogens is 136 g/mol. The topological polar surface area (TPSA) is 0 Å². The van der Waals surface area contributed by atoms with Crippen LogP contribution in [0.3, 0.4) is 0 Å². The van der Waals surface area contributed by atoms with Crippen LogP contribution in [0.2, 0.25) is 12.1 Å². The minimum absolute atomic E-state index is 0.499. The molecule has 10 heavy (non-hydrogen) atoms. The third-order valence-corrected chi connectivity index (χ3v) is 5.66. The Balaban J connectivity index is 2.30. The second-order valence-corrected chi connectivity index (χ2v) is 6.63. The summed E-state index contributed by atoms with van der Waals surface area (Å²) < 4.78 is 0. The third kappa shape index (κ3) is 1.98. The summed E-state index contributed by atoms with van der Waals surface area (Å²) in [5.41, 5.74) is 3.34. The normalized spacial score (nSPS) is 24.1. The van der Waals surface area contributed by atoms with Crippen molar-refractivity contribution in [2.24, 2.45) is 0 Å². The first-order valence-electron chi connectivity index (χ1n) is 4.47.